The van der Waals surface area contributed by atoms with E-state index in [-0.39, 0.29) is 10.5 Å². The summed E-state index contributed by atoms with van der Waals surface area (Å²) in [6, 6.07) is 2.65. The maximum Gasteiger partial charge on any atom is 0.321 e. The van der Waals surface area contributed by atoms with E-state index in [0.29, 0.717) is 0 Å². The Kier molecular flexibility index (Phi) is 4.36. The van der Waals surface area contributed by atoms with Crippen molar-refractivity contribution in [3.8, 4) is 0 Å². The summed E-state index contributed by atoms with van der Waals surface area (Å²) in [4.78, 5) is 10.3. The van der Waals surface area contributed by atoms with E-state index in [9.17, 15) is 22.0 Å². The Morgan fingerprint density at radius 3 is 2.17 bits per heavy atom. The quantitative estimate of drug-likeness (QED) is 0.852. The molecule has 0 aliphatic heterocycles. The molecule has 5 nitrogen and oxygen atoms in total. The van der Waals surface area contributed by atoms with Crippen molar-refractivity contribution in [2.45, 2.75) is 24.3 Å². The summed E-state index contributed by atoms with van der Waals surface area (Å²) in [6.45, 7) is 1.16. The summed E-state index contributed by atoms with van der Waals surface area (Å²) in [5.74, 6) is -1.33. The van der Waals surface area contributed by atoms with Gasteiger partial charge in [-0.2, -0.15) is 4.72 Å². The van der Waals surface area contributed by atoms with Crippen LogP contribution in [0.5, 0.6) is 0 Å². The molecule has 0 saturated heterocycles. The van der Waals surface area contributed by atoms with Crippen LogP contribution in [-0.2, 0) is 14.8 Å². The third kappa shape index (κ3) is 3.47. The van der Waals surface area contributed by atoms with Crippen LogP contribution in [0.2, 0.25) is 0 Å². The van der Waals surface area contributed by atoms with Crippen LogP contribution in [0.1, 0.15) is 18.9 Å². The van der Waals surface area contributed by atoms with Crippen LogP contribution in [0.4, 0.5) is 8.78 Å². The minimum atomic E-state index is -4.02. The smallest absolute Gasteiger partial charge is 0.321 e. The molecule has 1 atom stereocenters. The Labute approximate surface area is 102 Å². The predicted octanol–water partition coefficient (Wildman–Crippen LogP) is 1.38. The second-order valence-electron chi connectivity index (χ2n) is 3.55. The van der Waals surface area contributed by atoms with E-state index in [1.807, 2.05) is 4.72 Å². The Morgan fingerprint density at radius 1 is 1.28 bits per heavy atom. The van der Waals surface area contributed by atoms with Gasteiger partial charge in [0, 0.05) is 5.56 Å². The van der Waals surface area contributed by atoms with Crippen molar-refractivity contribution in [1.29, 1.82) is 0 Å². The summed E-state index contributed by atoms with van der Waals surface area (Å²) in [6.07, 6.45) is -2.69. The van der Waals surface area contributed by atoms with Gasteiger partial charge in [0.2, 0.25) is 10.0 Å². The summed E-state index contributed by atoms with van der Waals surface area (Å²) in [5.41, 5.74) is -0.305. The number of alkyl halides is 2. The van der Waals surface area contributed by atoms with E-state index in [4.69, 9.17) is 5.11 Å². The van der Waals surface area contributed by atoms with Crippen molar-refractivity contribution < 1.29 is 27.1 Å². The van der Waals surface area contributed by atoms with Gasteiger partial charge in [-0.05, 0) is 19.1 Å². The molecule has 0 aliphatic carbocycles. The molecule has 2 N–H and O–H groups in total. The zero-order valence-electron chi connectivity index (χ0n) is 9.30. The van der Waals surface area contributed by atoms with Gasteiger partial charge < -0.3 is 5.11 Å². The highest BCUT2D eigenvalue weighted by Crippen LogP contribution is 2.20. The molecule has 0 bridgehead atoms. The first kappa shape index (κ1) is 14.5. The molecule has 18 heavy (non-hydrogen) atoms. The van der Waals surface area contributed by atoms with Crippen LogP contribution in [0.15, 0.2) is 29.2 Å². The molecular weight excluding hydrogens is 268 g/mol. The van der Waals surface area contributed by atoms with E-state index in [1.165, 1.54) is 0 Å². The number of sulfonamides is 1. The third-order valence-corrected chi connectivity index (χ3v) is 3.70. The minimum absolute atomic E-state index is 0.264. The monoisotopic (exact) mass is 279 g/mol. The first-order chi connectivity index (χ1) is 8.24. The van der Waals surface area contributed by atoms with Crippen LogP contribution in [0.3, 0.4) is 0 Å². The SMILES string of the molecule is CC(NS(=O)(=O)c1ccc(C(F)F)cc1)C(=O)O. The zero-order chi connectivity index (χ0) is 13.9. The van der Waals surface area contributed by atoms with Gasteiger partial charge >= 0.3 is 5.97 Å². The zero-order valence-corrected chi connectivity index (χ0v) is 10.1. The molecule has 1 aromatic carbocycles. The highest BCUT2D eigenvalue weighted by molar-refractivity contribution is 7.89. The van der Waals surface area contributed by atoms with Crippen molar-refractivity contribution in [2.75, 3.05) is 0 Å². The number of benzene rings is 1. The second-order valence-corrected chi connectivity index (χ2v) is 5.26. The van der Waals surface area contributed by atoms with Crippen molar-refractivity contribution in [3.63, 3.8) is 0 Å². The fraction of sp³-hybridized carbons (Fsp3) is 0.300. The summed E-state index contributed by atoms with van der Waals surface area (Å²) in [5, 5.41) is 8.58. The van der Waals surface area contributed by atoms with E-state index in [1.54, 1.807) is 0 Å². The molecule has 0 radical (unpaired) electrons. The number of aliphatic carboxylic acids is 1. The lowest BCUT2D eigenvalue weighted by Gasteiger charge is -2.10. The van der Waals surface area contributed by atoms with Gasteiger partial charge in [-0.3, -0.25) is 4.79 Å². The van der Waals surface area contributed by atoms with E-state index in [0.717, 1.165) is 31.2 Å². The molecule has 0 heterocycles. The number of hydrogen-bond acceptors (Lipinski definition) is 3. The molecule has 0 fully saturated rings. The maximum atomic E-state index is 12.3. The molecule has 0 aliphatic rings. The van der Waals surface area contributed by atoms with E-state index < -0.39 is 28.5 Å². The molecule has 0 spiro atoms. The van der Waals surface area contributed by atoms with Crippen molar-refractivity contribution >= 4 is 16.0 Å². The average molecular weight is 279 g/mol. The Hall–Kier alpha value is -1.54. The highest BCUT2D eigenvalue weighted by atomic mass is 32.2. The maximum absolute atomic E-state index is 12.3. The number of halogens is 2. The lowest BCUT2D eigenvalue weighted by atomic mass is 10.2. The first-order valence-corrected chi connectivity index (χ1v) is 6.35. The number of nitrogens with one attached hydrogen (secondary N) is 1. The molecule has 1 unspecified atom stereocenters. The van der Waals surface area contributed by atoms with Crippen LogP contribution in [0.25, 0.3) is 0 Å². The molecule has 1 rings (SSSR count). The van der Waals surface area contributed by atoms with Gasteiger partial charge in [0.1, 0.15) is 6.04 Å². The normalized spacial score (nSPS) is 13.6. The molecule has 100 valence electrons. The number of carboxylic acids is 1. The topological polar surface area (TPSA) is 83.5 Å². The number of carbonyl (C=O) groups is 1. The standard InChI is InChI=1S/C10H11F2NO4S/c1-6(10(14)15)13-18(16,17)8-4-2-7(3-5-8)9(11)12/h2-6,9,13H,1H3,(H,14,15). The fourth-order valence-electron chi connectivity index (χ4n) is 1.14. The molecular formula is C10H11F2NO4S. The molecule has 1 aromatic rings. The predicted molar refractivity (Wildman–Crippen MR) is 58.8 cm³/mol. The molecule has 0 amide bonds. The molecule has 8 heteroatoms. The number of carboxylic acid groups (broad SMARTS) is 1. The largest absolute Gasteiger partial charge is 0.480 e. The van der Waals surface area contributed by atoms with Gasteiger partial charge in [-0.25, -0.2) is 17.2 Å². The van der Waals surface area contributed by atoms with Gasteiger partial charge in [0.15, 0.2) is 0 Å². The minimum Gasteiger partial charge on any atom is -0.480 e. The third-order valence-electron chi connectivity index (χ3n) is 2.14. The van der Waals surface area contributed by atoms with Gasteiger partial charge in [0.05, 0.1) is 4.90 Å². The lowest BCUT2D eigenvalue weighted by molar-refractivity contribution is -0.138. The first-order valence-electron chi connectivity index (χ1n) is 4.87. The Bertz CT molecular complexity index is 527. The summed E-state index contributed by atoms with van der Waals surface area (Å²) >= 11 is 0. The highest BCUT2D eigenvalue weighted by Gasteiger charge is 2.21. The Balaban J connectivity index is 2.95. The Morgan fingerprint density at radius 2 is 1.78 bits per heavy atom. The average Bonchev–Trinajstić information content (AvgIpc) is 2.28. The molecule has 0 aromatic heterocycles. The van der Waals surface area contributed by atoms with Gasteiger partial charge in [-0.15, -0.1) is 0 Å². The van der Waals surface area contributed by atoms with Gasteiger partial charge in [0.25, 0.3) is 6.43 Å². The van der Waals surface area contributed by atoms with Gasteiger partial charge in [-0.1, -0.05) is 12.1 Å². The summed E-state index contributed by atoms with van der Waals surface area (Å²) in [7, 11) is -4.02. The number of hydrogen-bond donors (Lipinski definition) is 2. The molecule has 0 saturated carbocycles. The van der Waals surface area contributed by atoms with E-state index in [2.05, 4.69) is 0 Å². The lowest BCUT2D eigenvalue weighted by Crippen LogP contribution is -2.38. The van der Waals surface area contributed by atoms with Crippen molar-refractivity contribution in [1.82, 2.24) is 4.72 Å². The summed E-state index contributed by atoms with van der Waals surface area (Å²) < 4.78 is 49.8. The fourth-order valence-corrected chi connectivity index (χ4v) is 2.34. The van der Waals surface area contributed by atoms with Crippen molar-refractivity contribution in [2.24, 2.45) is 0 Å². The van der Waals surface area contributed by atoms with Crippen molar-refractivity contribution in [3.05, 3.63) is 29.8 Å². The second kappa shape index (κ2) is 5.40. The van der Waals surface area contributed by atoms with Crippen LogP contribution in [0, 0.1) is 0 Å². The van der Waals surface area contributed by atoms with Crippen LogP contribution >= 0.6 is 0 Å². The van der Waals surface area contributed by atoms with Crippen LogP contribution < -0.4 is 4.72 Å². The van der Waals surface area contributed by atoms with Crippen LogP contribution in [-0.4, -0.2) is 25.5 Å². The number of rotatable bonds is 5. The van der Waals surface area contributed by atoms with E-state index >= 15 is 0 Å².